The number of rotatable bonds is 7. The second-order valence-corrected chi connectivity index (χ2v) is 4.43. The summed E-state index contributed by atoms with van der Waals surface area (Å²) in [7, 11) is 1.40. The van der Waals surface area contributed by atoms with Gasteiger partial charge in [-0.15, -0.1) is 0 Å². The molecule has 4 nitrogen and oxygen atoms in total. The maximum absolute atomic E-state index is 11.2. The number of carbonyl (C=O) groups excluding carboxylic acids is 1. The van der Waals surface area contributed by atoms with Crippen LogP contribution in [0, 0.1) is 0 Å². The van der Waals surface area contributed by atoms with E-state index < -0.39 is 0 Å². The molecule has 0 spiro atoms. The zero-order valence-electron chi connectivity index (χ0n) is 11.3. The number of ether oxygens (including phenoxy) is 1. The average Bonchev–Trinajstić information content (AvgIpc) is 2.38. The van der Waals surface area contributed by atoms with E-state index in [-0.39, 0.29) is 18.1 Å². The molecule has 1 aromatic carbocycles. The number of esters is 1. The highest BCUT2D eigenvalue weighted by Gasteiger charge is 2.14. The first-order valence-electron chi connectivity index (χ1n) is 6.22. The monoisotopic (exact) mass is 250 g/mol. The van der Waals surface area contributed by atoms with Gasteiger partial charge in [0.25, 0.3) is 0 Å². The molecule has 0 radical (unpaired) electrons. The van der Waals surface area contributed by atoms with Crippen molar-refractivity contribution < 1.29 is 9.53 Å². The molecule has 4 heteroatoms. The Bertz CT molecular complexity index is 354. The summed E-state index contributed by atoms with van der Waals surface area (Å²) in [6.07, 6.45) is 0. The summed E-state index contributed by atoms with van der Waals surface area (Å²) in [5.41, 5.74) is 1.26. The number of hydrogen-bond acceptors (Lipinski definition) is 4. The average molecular weight is 250 g/mol. The van der Waals surface area contributed by atoms with Crippen molar-refractivity contribution in [2.75, 3.05) is 13.7 Å². The third-order valence-electron chi connectivity index (χ3n) is 2.71. The summed E-state index contributed by atoms with van der Waals surface area (Å²) in [6.45, 7) is 5.48. The van der Waals surface area contributed by atoms with Gasteiger partial charge < -0.3 is 15.4 Å². The van der Waals surface area contributed by atoms with E-state index in [0.717, 1.165) is 13.1 Å². The van der Waals surface area contributed by atoms with Crippen LogP contribution >= 0.6 is 0 Å². The Morgan fingerprint density at radius 2 is 1.94 bits per heavy atom. The van der Waals surface area contributed by atoms with Gasteiger partial charge in [-0.05, 0) is 19.4 Å². The van der Waals surface area contributed by atoms with Crippen LogP contribution in [0.5, 0.6) is 0 Å². The molecule has 0 unspecified atom stereocenters. The van der Waals surface area contributed by atoms with E-state index in [9.17, 15) is 4.79 Å². The molecule has 0 aliphatic carbocycles. The van der Waals surface area contributed by atoms with E-state index in [2.05, 4.69) is 27.5 Å². The fourth-order valence-corrected chi connectivity index (χ4v) is 1.76. The Morgan fingerprint density at radius 1 is 1.28 bits per heavy atom. The standard InChI is InChI=1S/C14H22N2O2/c1-11(16-12(2)14(17)18-3)9-15-10-13-7-5-4-6-8-13/h4-8,11-12,15-16H,9-10H2,1-3H3/t11-,12-/m0/s1. The second kappa shape index (κ2) is 7.84. The maximum Gasteiger partial charge on any atom is 0.322 e. The van der Waals surface area contributed by atoms with Crippen LogP contribution < -0.4 is 10.6 Å². The molecule has 1 aromatic rings. The Balaban J connectivity index is 2.21. The first kappa shape index (κ1) is 14.7. The lowest BCUT2D eigenvalue weighted by Gasteiger charge is -2.18. The largest absolute Gasteiger partial charge is 0.468 e. The molecule has 18 heavy (non-hydrogen) atoms. The molecule has 0 amide bonds. The van der Waals surface area contributed by atoms with Crippen molar-refractivity contribution >= 4 is 5.97 Å². The Labute approximate surface area is 109 Å². The smallest absolute Gasteiger partial charge is 0.322 e. The molecule has 0 saturated carbocycles. The second-order valence-electron chi connectivity index (χ2n) is 4.43. The fourth-order valence-electron chi connectivity index (χ4n) is 1.76. The van der Waals surface area contributed by atoms with Crippen LogP contribution in [-0.4, -0.2) is 31.7 Å². The highest BCUT2D eigenvalue weighted by atomic mass is 16.5. The lowest BCUT2D eigenvalue weighted by molar-refractivity contribution is -0.142. The van der Waals surface area contributed by atoms with Gasteiger partial charge in [-0.25, -0.2) is 0 Å². The first-order chi connectivity index (χ1) is 8.63. The number of nitrogens with one attached hydrogen (secondary N) is 2. The SMILES string of the molecule is COC(=O)[C@H](C)N[C@@H](C)CNCc1ccccc1. The van der Waals surface area contributed by atoms with Crippen LogP contribution in [0.3, 0.4) is 0 Å². The van der Waals surface area contributed by atoms with Crippen molar-refractivity contribution in [1.29, 1.82) is 0 Å². The highest BCUT2D eigenvalue weighted by molar-refractivity contribution is 5.75. The molecular formula is C14H22N2O2. The quantitative estimate of drug-likeness (QED) is 0.717. The van der Waals surface area contributed by atoms with Crippen molar-refractivity contribution in [2.24, 2.45) is 0 Å². The summed E-state index contributed by atoms with van der Waals surface area (Å²) >= 11 is 0. The molecule has 0 aliphatic heterocycles. The Kier molecular flexibility index (Phi) is 6.39. The normalized spacial score (nSPS) is 13.9. The molecule has 0 aromatic heterocycles. The van der Waals surface area contributed by atoms with Gasteiger partial charge in [0, 0.05) is 19.1 Å². The van der Waals surface area contributed by atoms with Gasteiger partial charge in [0.15, 0.2) is 0 Å². The van der Waals surface area contributed by atoms with Crippen molar-refractivity contribution in [3.8, 4) is 0 Å². The van der Waals surface area contributed by atoms with Gasteiger partial charge in [0.1, 0.15) is 6.04 Å². The minimum absolute atomic E-state index is 0.211. The number of methoxy groups -OCH3 is 1. The zero-order valence-corrected chi connectivity index (χ0v) is 11.3. The molecular weight excluding hydrogens is 228 g/mol. The summed E-state index contributed by atoms with van der Waals surface area (Å²) in [6, 6.07) is 10.2. The van der Waals surface area contributed by atoms with Gasteiger partial charge in [0.2, 0.25) is 0 Å². The van der Waals surface area contributed by atoms with Crippen LogP contribution in [0.25, 0.3) is 0 Å². The van der Waals surface area contributed by atoms with Crippen molar-refractivity contribution in [1.82, 2.24) is 10.6 Å². The van der Waals surface area contributed by atoms with E-state index in [1.165, 1.54) is 12.7 Å². The van der Waals surface area contributed by atoms with E-state index >= 15 is 0 Å². The Hall–Kier alpha value is -1.39. The minimum Gasteiger partial charge on any atom is -0.468 e. The van der Waals surface area contributed by atoms with Gasteiger partial charge in [-0.3, -0.25) is 4.79 Å². The van der Waals surface area contributed by atoms with Crippen molar-refractivity contribution in [3.63, 3.8) is 0 Å². The minimum atomic E-state index is -0.275. The predicted molar refractivity (Wildman–Crippen MR) is 72.2 cm³/mol. The lowest BCUT2D eigenvalue weighted by Crippen LogP contribution is -2.44. The third kappa shape index (κ3) is 5.29. The third-order valence-corrected chi connectivity index (χ3v) is 2.71. The lowest BCUT2D eigenvalue weighted by atomic mass is 10.2. The topological polar surface area (TPSA) is 50.4 Å². The number of hydrogen-bond donors (Lipinski definition) is 2. The molecule has 1 rings (SSSR count). The van der Waals surface area contributed by atoms with Crippen molar-refractivity contribution in [2.45, 2.75) is 32.5 Å². The molecule has 100 valence electrons. The van der Waals surface area contributed by atoms with E-state index in [1.54, 1.807) is 6.92 Å². The van der Waals surface area contributed by atoms with E-state index in [4.69, 9.17) is 0 Å². The summed E-state index contributed by atoms with van der Waals surface area (Å²) < 4.78 is 4.66. The van der Waals surface area contributed by atoms with E-state index in [1.807, 2.05) is 25.1 Å². The molecule has 0 aliphatic rings. The summed E-state index contributed by atoms with van der Waals surface area (Å²) in [4.78, 5) is 11.2. The van der Waals surface area contributed by atoms with Gasteiger partial charge in [-0.2, -0.15) is 0 Å². The summed E-state index contributed by atoms with van der Waals surface area (Å²) in [5, 5.41) is 6.53. The number of benzene rings is 1. The van der Waals surface area contributed by atoms with Gasteiger partial charge in [-0.1, -0.05) is 30.3 Å². The molecule has 2 atom stereocenters. The first-order valence-corrected chi connectivity index (χ1v) is 6.22. The van der Waals surface area contributed by atoms with Crippen LogP contribution in [-0.2, 0) is 16.1 Å². The molecule has 2 N–H and O–H groups in total. The highest BCUT2D eigenvalue weighted by Crippen LogP contribution is 1.97. The van der Waals surface area contributed by atoms with Crippen LogP contribution in [0.1, 0.15) is 19.4 Å². The molecule has 0 fully saturated rings. The fraction of sp³-hybridized carbons (Fsp3) is 0.500. The molecule has 0 bridgehead atoms. The molecule has 0 saturated heterocycles. The maximum atomic E-state index is 11.2. The number of carbonyl (C=O) groups is 1. The van der Waals surface area contributed by atoms with Crippen molar-refractivity contribution in [3.05, 3.63) is 35.9 Å². The van der Waals surface area contributed by atoms with E-state index in [0.29, 0.717) is 0 Å². The molecule has 0 heterocycles. The zero-order chi connectivity index (χ0) is 13.4. The van der Waals surface area contributed by atoms with Crippen LogP contribution in [0.2, 0.25) is 0 Å². The Morgan fingerprint density at radius 3 is 2.56 bits per heavy atom. The summed E-state index contributed by atoms with van der Waals surface area (Å²) in [5.74, 6) is -0.232. The van der Waals surface area contributed by atoms with Gasteiger partial charge in [0.05, 0.1) is 7.11 Å². The van der Waals surface area contributed by atoms with Gasteiger partial charge >= 0.3 is 5.97 Å². The van der Waals surface area contributed by atoms with Crippen LogP contribution in [0.15, 0.2) is 30.3 Å². The van der Waals surface area contributed by atoms with Crippen LogP contribution in [0.4, 0.5) is 0 Å². The predicted octanol–water partition coefficient (Wildman–Crippen LogP) is 1.32.